The molecule has 5 aliphatic rings. The summed E-state index contributed by atoms with van der Waals surface area (Å²) in [6, 6.07) is 0. The molecule has 4 saturated carbocycles. The van der Waals surface area contributed by atoms with Gasteiger partial charge in [0, 0.05) is 17.3 Å². The van der Waals surface area contributed by atoms with Crippen LogP contribution in [-0.2, 0) is 23.9 Å². The molecule has 0 bridgehead atoms. The van der Waals surface area contributed by atoms with Crippen LogP contribution in [0.15, 0.2) is 11.6 Å². The van der Waals surface area contributed by atoms with Crippen LogP contribution in [0.3, 0.4) is 0 Å². The molecule has 9 atom stereocenters. The SMILES string of the molecule is CC1(C(=O)O)CCC2(C)CCC3(C)C(=CC(=O)C4C5(C)CCC(OC(=O)CCC(=O)[O-])C(C)(C)C5CCC43C)C2C1.[Na+]. The average Bonchev–Trinajstić information content (AvgIpc) is 2.86. The number of carboxylic acids is 2. The van der Waals surface area contributed by atoms with Crippen molar-refractivity contribution in [1.82, 2.24) is 0 Å². The van der Waals surface area contributed by atoms with Crippen molar-refractivity contribution in [3.8, 4) is 0 Å². The first-order valence-corrected chi connectivity index (χ1v) is 15.7. The molecule has 0 spiro atoms. The van der Waals surface area contributed by atoms with E-state index in [1.165, 1.54) is 5.57 Å². The molecule has 7 nitrogen and oxygen atoms in total. The van der Waals surface area contributed by atoms with Crippen LogP contribution < -0.4 is 34.7 Å². The van der Waals surface area contributed by atoms with Crippen molar-refractivity contribution in [1.29, 1.82) is 0 Å². The van der Waals surface area contributed by atoms with E-state index in [2.05, 4.69) is 41.5 Å². The Labute approximate surface area is 273 Å². The molecule has 0 saturated heterocycles. The van der Waals surface area contributed by atoms with Crippen LogP contribution in [0.2, 0.25) is 0 Å². The van der Waals surface area contributed by atoms with Gasteiger partial charge in [-0.05, 0) is 111 Å². The number of ketones is 1. The van der Waals surface area contributed by atoms with Crippen molar-refractivity contribution in [2.24, 2.45) is 50.2 Å². The van der Waals surface area contributed by atoms with Gasteiger partial charge in [0.15, 0.2) is 5.78 Å². The molecule has 9 unspecified atom stereocenters. The predicted molar refractivity (Wildman–Crippen MR) is 151 cm³/mol. The van der Waals surface area contributed by atoms with E-state index >= 15 is 0 Å². The van der Waals surface area contributed by atoms with E-state index in [1.54, 1.807) is 0 Å². The Hall–Kier alpha value is -1.18. The number of hydrogen-bond donors (Lipinski definition) is 1. The molecule has 0 aromatic heterocycles. The summed E-state index contributed by atoms with van der Waals surface area (Å²) in [6.45, 7) is 15.5. The topological polar surface area (TPSA) is 121 Å². The number of allylic oxidation sites excluding steroid dienone is 2. The third kappa shape index (κ3) is 4.78. The van der Waals surface area contributed by atoms with Gasteiger partial charge in [0.05, 0.1) is 11.8 Å². The number of rotatable bonds is 5. The normalized spacial score (nSPS) is 45.5. The van der Waals surface area contributed by atoms with Gasteiger partial charge < -0.3 is 19.7 Å². The van der Waals surface area contributed by atoms with E-state index in [9.17, 15) is 29.4 Å². The van der Waals surface area contributed by atoms with Gasteiger partial charge in [-0.3, -0.25) is 14.4 Å². The molecule has 0 heterocycles. The number of carboxylic acid groups (broad SMARTS) is 2. The molecule has 42 heavy (non-hydrogen) atoms. The van der Waals surface area contributed by atoms with Crippen LogP contribution >= 0.6 is 0 Å². The minimum Gasteiger partial charge on any atom is -0.550 e. The van der Waals surface area contributed by atoms with E-state index in [4.69, 9.17) is 4.74 Å². The van der Waals surface area contributed by atoms with Gasteiger partial charge in [-0.25, -0.2) is 0 Å². The van der Waals surface area contributed by atoms with Gasteiger partial charge in [0.2, 0.25) is 0 Å². The number of esters is 1. The third-order valence-corrected chi connectivity index (χ3v) is 13.8. The fraction of sp³-hybridized carbons (Fsp3) is 0.824. The first-order chi connectivity index (χ1) is 18.8. The Morgan fingerprint density at radius 2 is 1.57 bits per heavy atom. The molecule has 0 aromatic rings. The zero-order valence-corrected chi connectivity index (χ0v) is 29.1. The molecule has 5 rings (SSSR count). The molecule has 5 aliphatic carbocycles. The smallest absolute Gasteiger partial charge is 0.550 e. The number of hydrogen-bond acceptors (Lipinski definition) is 6. The number of carbonyl (C=O) groups excluding carboxylic acids is 3. The van der Waals surface area contributed by atoms with Crippen LogP contribution in [0.1, 0.15) is 119 Å². The summed E-state index contributed by atoms with van der Waals surface area (Å²) in [5, 5.41) is 21.0. The fourth-order valence-electron chi connectivity index (χ4n) is 11.0. The minimum atomic E-state index is -1.26. The van der Waals surface area contributed by atoms with Crippen molar-refractivity contribution < 1.29 is 63.7 Å². The van der Waals surface area contributed by atoms with Crippen molar-refractivity contribution in [2.75, 3.05) is 0 Å². The molecule has 0 amide bonds. The Morgan fingerprint density at radius 1 is 0.929 bits per heavy atom. The molecule has 8 heteroatoms. The maximum atomic E-state index is 14.4. The summed E-state index contributed by atoms with van der Waals surface area (Å²) in [5.74, 6) is -2.19. The van der Waals surface area contributed by atoms with E-state index in [0.717, 1.165) is 38.5 Å². The zero-order valence-electron chi connectivity index (χ0n) is 27.1. The summed E-state index contributed by atoms with van der Waals surface area (Å²) in [4.78, 5) is 50.1. The van der Waals surface area contributed by atoms with E-state index in [0.29, 0.717) is 19.3 Å². The molecule has 228 valence electrons. The zero-order chi connectivity index (χ0) is 30.4. The van der Waals surface area contributed by atoms with Gasteiger partial charge in [0.25, 0.3) is 0 Å². The molecular weight excluding hydrogens is 543 g/mol. The number of ether oxygens (including phenoxy) is 1. The number of aliphatic carboxylic acids is 2. The summed E-state index contributed by atoms with van der Waals surface area (Å²) in [5.41, 5.74) is -0.603. The Morgan fingerprint density at radius 3 is 2.19 bits per heavy atom. The average molecular weight is 593 g/mol. The summed E-state index contributed by atoms with van der Waals surface area (Å²) in [6.07, 6.45) is 8.54. The number of carbonyl (C=O) groups is 4. The third-order valence-electron chi connectivity index (χ3n) is 13.8. The summed E-state index contributed by atoms with van der Waals surface area (Å²) >= 11 is 0. The second kappa shape index (κ2) is 10.7. The molecule has 4 fully saturated rings. The van der Waals surface area contributed by atoms with Gasteiger partial charge in [-0.2, -0.15) is 0 Å². The van der Waals surface area contributed by atoms with Crippen LogP contribution in [0.5, 0.6) is 0 Å². The molecule has 0 aromatic carbocycles. The van der Waals surface area contributed by atoms with Crippen LogP contribution in [0.25, 0.3) is 0 Å². The maximum Gasteiger partial charge on any atom is 1.00 e. The van der Waals surface area contributed by atoms with Crippen LogP contribution in [0.4, 0.5) is 0 Å². The molecule has 0 aliphatic heterocycles. The largest absolute Gasteiger partial charge is 1.00 e. The van der Waals surface area contributed by atoms with Gasteiger partial charge in [-0.15, -0.1) is 0 Å². The van der Waals surface area contributed by atoms with E-state index in [1.807, 2.05) is 13.0 Å². The Kier molecular flexibility index (Phi) is 8.60. The van der Waals surface area contributed by atoms with Crippen LogP contribution in [0, 0.1) is 50.2 Å². The second-order valence-electron chi connectivity index (χ2n) is 16.3. The number of fused-ring (bicyclic) bond motifs is 7. The van der Waals surface area contributed by atoms with Crippen molar-refractivity contribution in [2.45, 2.75) is 125 Å². The second-order valence-corrected chi connectivity index (χ2v) is 16.3. The van der Waals surface area contributed by atoms with E-state index in [-0.39, 0.29) is 99.1 Å². The van der Waals surface area contributed by atoms with Gasteiger partial charge in [-0.1, -0.05) is 47.1 Å². The predicted octanol–water partition coefficient (Wildman–Crippen LogP) is 2.50. The van der Waals surface area contributed by atoms with Gasteiger partial charge in [0.1, 0.15) is 6.10 Å². The monoisotopic (exact) mass is 592 g/mol. The van der Waals surface area contributed by atoms with E-state index < -0.39 is 23.3 Å². The standard InChI is InChI=1S/C34H50O7.Na/c1-29(2)23-10-13-34(7)27(32(23,5)12-11-24(29)41-26(38)9-8-25(36)37)22(35)18-20-21-19-31(4,28(39)40)15-14-30(21,3)16-17-33(20,34)6;/h18,21,23-24,27H,8-17,19H2,1-7H3,(H,36,37)(H,39,40);/q;+1/p-1. The van der Waals surface area contributed by atoms with Gasteiger partial charge >= 0.3 is 41.5 Å². The molecule has 0 radical (unpaired) electrons. The fourth-order valence-corrected chi connectivity index (χ4v) is 11.0. The Bertz CT molecular complexity index is 1210. The molecule has 1 N–H and O–H groups in total. The first kappa shape index (κ1) is 33.7. The van der Waals surface area contributed by atoms with Crippen molar-refractivity contribution in [3.63, 3.8) is 0 Å². The van der Waals surface area contributed by atoms with Crippen molar-refractivity contribution >= 4 is 23.7 Å². The Balaban J connectivity index is 0.00000405. The van der Waals surface area contributed by atoms with Crippen LogP contribution in [-0.4, -0.2) is 34.9 Å². The summed E-state index contributed by atoms with van der Waals surface area (Å²) < 4.78 is 5.88. The van der Waals surface area contributed by atoms with Crippen molar-refractivity contribution in [3.05, 3.63) is 11.6 Å². The first-order valence-electron chi connectivity index (χ1n) is 15.7. The quantitative estimate of drug-likeness (QED) is 0.385. The maximum absolute atomic E-state index is 14.4. The molecular formula is C34H49NaO7. The minimum absolute atomic E-state index is 0. The summed E-state index contributed by atoms with van der Waals surface area (Å²) in [7, 11) is 0.